The van der Waals surface area contributed by atoms with E-state index in [4.69, 9.17) is 10.7 Å². The highest BCUT2D eigenvalue weighted by molar-refractivity contribution is 5.95. The molecule has 7 heteroatoms. The number of carbonyl (C=O) groups is 1. The van der Waals surface area contributed by atoms with Crippen LogP contribution in [0.2, 0.25) is 0 Å². The van der Waals surface area contributed by atoms with E-state index in [1.165, 1.54) is 0 Å². The van der Waals surface area contributed by atoms with Crippen molar-refractivity contribution < 1.29 is 4.79 Å². The highest BCUT2D eigenvalue weighted by atomic mass is 16.2. The molecule has 1 unspecified atom stereocenters. The van der Waals surface area contributed by atoms with Gasteiger partial charge in [-0.3, -0.25) is 9.78 Å². The van der Waals surface area contributed by atoms with Crippen LogP contribution in [0.5, 0.6) is 0 Å². The predicted octanol–water partition coefficient (Wildman–Crippen LogP) is 3.27. The van der Waals surface area contributed by atoms with Crippen molar-refractivity contribution in [1.82, 2.24) is 24.5 Å². The lowest BCUT2D eigenvalue weighted by atomic mass is 9.81. The van der Waals surface area contributed by atoms with E-state index in [0.29, 0.717) is 18.7 Å². The van der Waals surface area contributed by atoms with E-state index in [0.717, 1.165) is 41.7 Å². The molecule has 0 bridgehead atoms. The normalized spacial score (nSPS) is 18.9. The molecule has 1 aromatic carbocycles. The van der Waals surface area contributed by atoms with Gasteiger partial charge < -0.3 is 10.6 Å². The van der Waals surface area contributed by atoms with Crippen molar-refractivity contribution in [2.45, 2.75) is 24.8 Å². The molecule has 1 fully saturated rings. The zero-order chi connectivity index (χ0) is 21.3. The lowest BCUT2D eigenvalue weighted by molar-refractivity contribution is 0.0330. The van der Waals surface area contributed by atoms with Gasteiger partial charge >= 0.3 is 0 Å². The van der Waals surface area contributed by atoms with Crippen molar-refractivity contribution in [3.63, 3.8) is 0 Å². The monoisotopic (exact) mass is 412 g/mol. The van der Waals surface area contributed by atoms with Gasteiger partial charge in [0.25, 0.3) is 5.91 Å². The Morgan fingerprint density at radius 3 is 2.65 bits per heavy atom. The van der Waals surface area contributed by atoms with Crippen LogP contribution in [-0.2, 0) is 5.54 Å². The largest absolute Gasteiger partial charge is 0.328 e. The van der Waals surface area contributed by atoms with E-state index >= 15 is 0 Å². The fourth-order valence-electron chi connectivity index (χ4n) is 4.55. The summed E-state index contributed by atoms with van der Waals surface area (Å²) in [6.45, 7) is 0.955. The van der Waals surface area contributed by atoms with Gasteiger partial charge in [-0.25, -0.2) is 9.50 Å². The second-order valence-electron chi connectivity index (χ2n) is 7.89. The van der Waals surface area contributed by atoms with Crippen LogP contribution in [0.1, 0.15) is 35.2 Å². The minimum atomic E-state index is -0.650. The molecule has 1 atom stereocenters. The van der Waals surface area contributed by atoms with Crippen LogP contribution >= 0.6 is 0 Å². The Kier molecular flexibility index (Phi) is 4.95. The topological polar surface area (TPSA) is 89.4 Å². The number of amides is 1. The molecule has 1 amide bonds. The van der Waals surface area contributed by atoms with Crippen molar-refractivity contribution in [2.75, 3.05) is 13.1 Å². The molecule has 0 saturated carbocycles. The van der Waals surface area contributed by atoms with Gasteiger partial charge in [0.15, 0.2) is 5.65 Å². The van der Waals surface area contributed by atoms with E-state index < -0.39 is 5.54 Å². The molecule has 31 heavy (non-hydrogen) atoms. The molecular formula is C24H24N6O. The predicted molar refractivity (Wildman–Crippen MR) is 118 cm³/mol. The smallest absolute Gasteiger partial charge is 0.254 e. The molecule has 1 aliphatic heterocycles. The first-order valence-electron chi connectivity index (χ1n) is 10.6. The van der Waals surface area contributed by atoms with Gasteiger partial charge in [-0.1, -0.05) is 30.3 Å². The number of pyridine rings is 1. The summed E-state index contributed by atoms with van der Waals surface area (Å²) in [6.07, 6.45) is 9.74. The Balaban J connectivity index is 1.64. The summed E-state index contributed by atoms with van der Waals surface area (Å²) < 4.78 is 1.77. The first-order valence-corrected chi connectivity index (χ1v) is 10.6. The fraction of sp³-hybridized carbons (Fsp3) is 0.250. The van der Waals surface area contributed by atoms with Gasteiger partial charge in [-0.15, -0.1) is 0 Å². The zero-order valence-corrected chi connectivity index (χ0v) is 17.2. The van der Waals surface area contributed by atoms with E-state index in [2.05, 4.69) is 10.1 Å². The molecule has 5 rings (SSSR count). The number of likely N-dealkylation sites (tertiary alicyclic amines) is 1. The molecule has 0 radical (unpaired) electrons. The molecule has 4 heterocycles. The van der Waals surface area contributed by atoms with Crippen molar-refractivity contribution in [1.29, 1.82) is 0 Å². The van der Waals surface area contributed by atoms with Crippen LogP contribution in [0.15, 0.2) is 73.3 Å². The van der Waals surface area contributed by atoms with Crippen LogP contribution < -0.4 is 5.73 Å². The van der Waals surface area contributed by atoms with Gasteiger partial charge in [-0.2, -0.15) is 5.10 Å². The number of aromatic nitrogens is 4. The van der Waals surface area contributed by atoms with Crippen molar-refractivity contribution >= 4 is 11.6 Å². The number of carbonyl (C=O) groups excluding carboxylic acids is 1. The van der Waals surface area contributed by atoms with Gasteiger partial charge in [0.1, 0.15) is 0 Å². The Morgan fingerprint density at radius 2 is 1.87 bits per heavy atom. The van der Waals surface area contributed by atoms with E-state index in [-0.39, 0.29) is 5.91 Å². The van der Waals surface area contributed by atoms with Crippen LogP contribution in [0.4, 0.5) is 0 Å². The van der Waals surface area contributed by atoms with Crippen molar-refractivity contribution in [3.05, 3.63) is 84.4 Å². The van der Waals surface area contributed by atoms with E-state index in [1.54, 1.807) is 29.0 Å². The number of hydrogen-bond acceptors (Lipinski definition) is 5. The third-order valence-electron chi connectivity index (χ3n) is 6.19. The zero-order valence-electron chi connectivity index (χ0n) is 17.2. The molecule has 2 N–H and O–H groups in total. The Bertz CT molecular complexity index is 1210. The summed E-state index contributed by atoms with van der Waals surface area (Å²) in [6, 6.07) is 15.5. The summed E-state index contributed by atoms with van der Waals surface area (Å²) in [5, 5.41) is 4.54. The summed E-state index contributed by atoms with van der Waals surface area (Å²) in [5.41, 5.74) is 9.91. The Morgan fingerprint density at radius 1 is 1.06 bits per heavy atom. The summed E-state index contributed by atoms with van der Waals surface area (Å²) in [4.78, 5) is 24.4. The lowest BCUT2D eigenvalue weighted by Gasteiger charge is -2.46. The first-order chi connectivity index (χ1) is 15.2. The third-order valence-corrected chi connectivity index (χ3v) is 6.19. The summed E-state index contributed by atoms with van der Waals surface area (Å²) in [7, 11) is 0. The molecule has 4 aromatic rings. The van der Waals surface area contributed by atoms with Gasteiger partial charge in [0, 0.05) is 48.4 Å². The molecule has 3 aromatic heterocycles. The van der Waals surface area contributed by atoms with E-state index in [1.807, 2.05) is 53.7 Å². The quantitative estimate of drug-likeness (QED) is 0.556. The van der Waals surface area contributed by atoms with Crippen molar-refractivity contribution in [3.8, 4) is 11.3 Å². The average molecular weight is 412 g/mol. The van der Waals surface area contributed by atoms with Crippen LogP contribution in [0, 0.1) is 0 Å². The molecule has 1 aliphatic rings. The molecule has 7 nitrogen and oxygen atoms in total. The maximum Gasteiger partial charge on any atom is 0.254 e. The number of rotatable bonds is 4. The minimum absolute atomic E-state index is 0.0360. The van der Waals surface area contributed by atoms with Crippen molar-refractivity contribution in [2.24, 2.45) is 5.73 Å². The van der Waals surface area contributed by atoms with Gasteiger partial charge in [0.2, 0.25) is 0 Å². The molecule has 0 aliphatic carbocycles. The number of fused-ring (bicyclic) bond motifs is 1. The SMILES string of the molecule is NCC1(c2cnn3ccc(-c4ccccc4)nc23)CCCCN1C(=O)c1ccncc1. The van der Waals surface area contributed by atoms with E-state index in [9.17, 15) is 4.79 Å². The Labute approximate surface area is 180 Å². The maximum atomic E-state index is 13.5. The lowest BCUT2D eigenvalue weighted by Crippen LogP contribution is -2.56. The molecule has 156 valence electrons. The Hall–Kier alpha value is -3.58. The number of hydrogen-bond donors (Lipinski definition) is 1. The van der Waals surface area contributed by atoms with Crippen LogP contribution in [-0.4, -0.2) is 43.5 Å². The molecule has 1 saturated heterocycles. The van der Waals surface area contributed by atoms with Crippen LogP contribution in [0.3, 0.4) is 0 Å². The second-order valence-corrected chi connectivity index (χ2v) is 7.89. The van der Waals surface area contributed by atoms with Crippen LogP contribution in [0.25, 0.3) is 16.9 Å². The third kappa shape index (κ3) is 3.27. The highest BCUT2D eigenvalue weighted by Crippen LogP contribution is 2.39. The number of nitrogens with zero attached hydrogens (tertiary/aromatic N) is 5. The second kappa shape index (κ2) is 7.92. The average Bonchev–Trinajstić information content (AvgIpc) is 3.28. The first kappa shape index (κ1) is 19.4. The number of piperidine rings is 1. The minimum Gasteiger partial charge on any atom is -0.328 e. The number of benzene rings is 1. The summed E-state index contributed by atoms with van der Waals surface area (Å²) >= 11 is 0. The highest BCUT2D eigenvalue weighted by Gasteiger charge is 2.44. The molecule has 0 spiro atoms. The fourth-order valence-corrected chi connectivity index (χ4v) is 4.55. The summed E-state index contributed by atoms with van der Waals surface area (Å²) in [5.74, 6) is -0.0360. The van der Waals surface area contributed by atoms with Gasteiger partial charge in [-0.05, 0) is 37.5 Å². The maximum absolute atomic E-state index is 13.5. The van der Waals surface area contributed by atoms with Gasteiger partial charge in [0.05, 0.1) is 17.4 Å². The standard InChI is InChI=1S/C24H24N6O/c25-17-24(11-4-5-14-29(24)23(31)19-8-12-26-13-9-19)20-16-27-30-15-10-21(28-22(20)30)18-6-2-1-3-7-18/h1-3,6-10,12-13,15-16H,4-5,11,14,17,25H2. The molecular weight excluding hydrogens is 388 g/mol. The number of nitrogens with two attached hydrogens (primary N) is 1.